The smallest absolute Gasteiger partial charge is 0.244 e. The Labute approximate surface area is 128 Å². The summed E-state index contributed by atoms with van der Waals surface area (Å²) in [7, 11) is 0.538. The van der Waals surface area contributed by atoms with Gasteiger partial charge >= 0.3 is 0 Å². The SMILES string of the molecule is CN(C)c1nc(O[Si](C)(C)C)c2ncn([Si](C)(C)C)c2n1. The second-order valence-electron chi connectivity index (χ2n) is 7.40. The van der Waals surface area contributed by atoms with E-state index in [1.807, 2.05) is 25.3 Å². The van der Waals surface area contributed by atoms with Crippen molar-refractivity contribution < 1.29 is 4.43 Å². The van der Waals surface area contributed by atoms with Gasteiger partial charge in [0.15, 0.2) is 19.4 Å². The maximum atomic E-state index is 6.13. The van der Waals surface area contributed by atoms with Crippen LogP contribution in [0.1, 0.15) is 0 Å². The second kappa shape index (κ2) is 5.09. The monoisotopic (exact) mass is 323 g/mol. The lowest BCUT2D eigenvalue weighted by atomic mass is 10.5. The minimum atomic E-state index is -1.76. The molecule has 0 unspecified atom stereocenters. The molecule has 0 aliphatic heterocycles. The summed E-state index contributed by atoms with van der Waals surface area (Å²) < 4.78 is 8.33. The first-order valence-electron chi connectivity index (χ1n) is 7.11. The Balaban J connectivity index is 2.70. The quantitative estimate of drug-likeness (QED) is 0.810. The van der Waals surface area contributed by atoms with E-state index in [1.165, 1.54) is 0 Å². The lowest BCUT2D eigenvalue weighted by molar-refractivity contribution is 0.538. The Morgan fingerprint density at radius 2 is 1.67 bits per heavy atom. The molecule has 8 heteroatoms. The van der Waals surface area contributed by atoms with Crippen molar-refractivity contribution in [3.8, 4) is 5.88 Å². The maximum absolute atomic E-state index is 6.13. The molecule has 0 saturated carbocycles. The van der Waals surface area contributed by atoms with Gasteiger partial charge in [-0.3, -0.25) is 0 Å². The Morgan fingerprint density at radius 1 is 1.05 bits per heavy atom. The van der Waals surface area contributed by atoms with E-state index in [2.05, 4.69) is 58.5 Å². The van der Waals surface area contributed by atoms with Crippen molar-refractivity contribution in [1.29, 1.82) is 0 Å². The van der Waals surface area contributed by atoms with Crippen LogP contribution >= 0.6 is 0 Å². The van der Waals surface area contributed by atoms with E-state index in [0.29, 0.717) is 11.8 Å². The molecule has 6 nitrogen and oxygen atoms in total. The molecule has 2 heterocycles. The molecule has 116 valence electrons. The van der Waals surface area contributed by atoms with Crippen LogP contribution in [0, 0.1) is 0 Å². The number of imidazole rings is 1. The van der Waals surface area contributed by atoms with Crippen LogP contribution in [0.5, 0.6) is 5.88 Å². The van der Waals surface area contributed by atoms with Gasteiger partial charge in [0.1, 0.15) is 0 Å². The summed E-state index contributed by atoms with van der Waals surface area (Å²) >= 11 is 0. The normalized spacial score (nSPS) is 12.8. The lowest BCUT2D eigenvalue weighted by Gasteiger charge is -2.22. The Morgan fingerprint density at radius 3 is 2.14 bits per heavy atom. The van der Waals surface area contributed by atoms with Gasteiger partial charge in [0, 0.05) is 14.1 Å². The van der Waals surface area contributed by atoms with Crippen molar-refractivity contribution in [3.63, 3.8) is 0 Å². The van der Waals surface area contributed by atoms with Crippen LogP contribution in [-0.4, -0.2) is 49.8 Å². The van der Waals surface area contributed by atoms with Crippen molar-refractivity contribution in [2.45, 2.75) is 39.3 Å². The van der Waals surface area contributed by atoms with E-state index in [9.17, 15) is 0 Å². The van der Waals surface area contributed by atoms with Crippen LogP contribution in [0.3, 0.4) is 0 Å². The Bertz CT molecular complexity index is 655. The number of rotatable bonds is 4. The van der Waals surface area contributed by atoms with E-state index in [0.717, 1.165) is 11.2 Å². The third-order valence-electron chi connectivity index (χ3n) is 2.88. The molecule has 2 aromatic rings. The maximum Gasteiger partial charge on any atom is 0.244 e. The highest BCUT2D eigenvalue weighted by Gasteiger charge is 2.26. The Hall–Kier alpha value is -1.42. The molecule has 0 saturated heterocycles. The largest absolute Gasteiger partial charge is 0.530 e. The topological polar surface area (TPSA) is 56.1 Å². The summed E-state index contributed by atoms with van der Waals surface area (Å²) in [6.45, 7) is 13.2. The summed E-state index contributed by atoms with van der Waals surface area (Å²) in [4.78, 5) is 15.6. The molecule has 0 fully saturated rings. The molecule has 2 aromatic heterocycles. The van der Waals surface area contributed by atoms with Gasteiger partial charge in [0.05, 0.1) is 6.33 Å². The number of nitrogens with zero attached hydrogens (tertiary/aromatic N) is 5. The first-order valence-corrected chi connectivity index (χ1v) is 14.0. The summed E-state index contributed by atoms with van der Waals surface area (Å²) in [6, 6.07) is 0. The van der Waals surface area contributed by atoms with E-state index in [4.69, 9.17) is 4.43 Å². The fraction of sp³-hybridized carbons (Fsp3) is 0.615. The van der Waals surface area contributed by atoms with Crippen molar-refractivity contribution in [3.05, 3.63) is 6.33 Å². The van der Waals surface area contributed by atoms with Gasteiger partial charge in [-0.15, -0.1) is 0 Å². The molecule has 0 aliphatic carbocycles. The first kappa shape index (κ1) is 16.0. The van der Waals surface area contributed by atoms with Crippen LogP contribution < -0.4 is 9.33 Å². The average Bonchev–Trinajstić information content (AvgIpc) is 2.69. The van der Waals surface area contributed by atoms with Crippen LogP contribution in [0.4, 0.5) is 5.95 Å². The molecule has 0 amide bonds. The first-order chi connectivity index (χ1) is 9.49. The van der Waals surface area contributed by atoms with Gasteiger partial charge in [-0.1, -0.05) is 19.6 Å². The molecule has 0 atom stereocenters. The van der Waals surface area contributed by atoms with Crippen LogP contribution in [0.15, 0.2) is 6.33 Å². The lowest BCUT2D eigenvalue weighted by Crippen LogP contribution is -2.32. The molecular formula is C13H25N5OSi2. The summed E-state index contributed by atoms with van der Waals surface area (Å²) in [5, 5.41) is 0. The molecule has 21 heavy (non-hydrogen) atoms. The molecule has 0 aliphatic rings. The van der Waals surface area contributed by atoms with Crippen LogP contribution in [-0.2, 0) is 0 Å². The highest BCUT2D eigenvalue weighted by atomic mass is 28.4. The zero-order valence-corrected chi connectivity index (χ0v) is 16.2. The van der Waals surface area contributed by atoms with Crippen molar-refractivity contribution in [1.82, 2.24) is 19.2 Å². The minimum Gasteiger partial charge on any atom is -0.530 e. The van der Waals surface area contributed by atoms with Crippen LogP contribution in [0.2, 0.25) is 39.3 Å². The Kier molecular flexibility index (Phi) is 3.87. The molecule has 0 bridgehead atoms. The van der Waals surface area contributed by atoms with E-state index < -0.39 is 16.6 Å². The van der Waals surface area contributed by atoms with Gasteiger partial charge in [-0.05, 0) is 19.6 Å². The van der Waals surface area contributed by atoms with E-state index >= 15 is 0 Å². The number of hydrogen-bond donors (Lipinski definition) is 0. The van der Waals surface area contributed by atoms with Crippen molar-refractivity contribution in [2.24, 2.45) is 0 Å². The number of aromatic nitrogens is 4. The molecule has 0 spiro atoms. The zero-order chi connectivity index (χ0) is 16.0. The van der Waals surface area contributed by atoms with Crippen LogP contribution in [0.25, 0.3) is 11.2 Å². The molecule has 0 aromatic carbocycles. The zero-order valence-electron chi connectivity index (χ0n) is 14.2. The van der Waals surface area contributed by atoms with Gasteiger partial charge in [-0.2, -0.15) is 9.97 Å². The average molecular weight is 324 g/mol. The fourth-order valence-corrected chi connectivity index (χ4v) is 3.83. The second-order valence-corrected chi connectivity index (χ2v) is 16.6. The number of fused-ring (bicyclic) bond motifs is 1. The highest BCUT2D eigenvalue weighted by Crippen LogP contribution is 2.27. The highest BCUT2D eigenvalue weighted by molar-refractivity contribution is 6.75. The molecule has 0 radical (unpaired) electrons. The van der Waals surface area contributed by atoms with E-state index in [1.54, 1.807) is 0 Å². The van der Waals surface area contributed by atoms with E-state index in [-0.39, 0.29) is 0 Å². The summed E-state index contributed by atoms with van der Waals surface area (Å²) in [5.74, 6) is 1.27. The molecule has 0 N–H and O–H groups in total. The minimum absolute atomic E-state index is 0.611. The third kappa shape index (κ3) is 3.43. The van der Waals surface area contributed by atoms with Gasteiger partial charge < -0.3 is 13.6 Å². The fourth-order valence-electron chi connectivity index (χ4n) is 1.92. The number of hydrogen-bond acceptors (Lipinski definition) is 5. The standard InChI is InChI=1S/C13H25N5OSi2/c1-17(2)13-15-11-10(12(16-13)19-21(6,7)8)14-9-18(11)20(3,4)5/h9H,1-8H3. The number of anilines is 1. The summed E-state index contributed by atoms with van der Waals surface area (Å²) in [6.07, 6.45) is 1.88. The summed E-state index contributed by atoms with van der Waals surface area (Å²) in [5.41, 5.74) is 1.64. The van der Waals surface area contributed by atoms with Crippen molar-refractivity contribution in [2.75, 3.05) is 19.0 Å². The third-order valence-corrected chi connectivity index (χ3v) is 5.46. The molecular weight excluding hydrogens is 298 g/mol. The van der Waals surface area contributed by atoms with Gasteiger partial charge in [-0.25, -0.2) is 4.98 Å². The van der Waals surface area contributed by atoms with Gasteiger partial charge in [0.2, 0.25) is 20.1 Å². The molecule has 2 rings (SSSR count). The predicted octanol–water partition coefficient (Wildman–Crippen LogP) is 2.79. The van der Waals surface area contributed by atoms with Gasteiger partial charge in [0.25, 0.3) is 0 Å². The predicted molar refractivity (Wildman–Crippen MR) is 92.4 cm³/mol. The van der Waals surface area contributed by atoms with Crippen molar-refractivity contribution >= 4 is 33.7 Å².